The molecule has 1 aromatic carbocycles. The fourth-order valence-corrected chi connectivity index (χ4v) is 3.98. The SMILES string of the molecule is O=C(O)C1CCSC1c1c[nH]c2ccccc12. The van der Waals surface area contributed by atoms with Gasteiger partial charge >= 0.3 is 5.97 Å². The topological polar surface area (TPSA) is 53.1 Å². The summed E-state index contributed by atoms with van der Waals surface area (Å²) in [6.45, 7) is 0. The number of rotatable bonds is 2. The van der Waals surface area contributed by atoms with Crippen LogP contribution >= 0.6 is 11.8 Å². The number of nitrogens with one attached hydrogen (secondary N) is 1. The number of hydrogen-bond donors (Lipinski definition) is 2. The summed E-state index contributed by atoms with van der Waals surface area (Å²) >= 11 is 1.75. The first-order valence-electron chi connectivity index (χ1n) is 5.68. The number of carboxylic acids is 1. The van der Waals surface area contributed by atoms with Gasteiger partial charge in [0.15, 0.2) is 0 Å². The van der Waals surface area contributed by atoms with E-state index in [1.54, 1.807) is 11.8 Å². The molecule has 4 heteroatoms. The summed E-state index contributed by atoms with van der Waals surface area (Å²) in [7, 11) is 0. The van der Waals surface area contributed by atoms with Gasteiger partial charge in [0.25, 0.3) is 0 Å². The molecule has 2 atom stereocenters. The fourth-order valence-electron chi connectivity index (χ4n) is 2.48. The van der Waals surface area contributed by atoms with Crippen LogP contribution in [0, 0.1) is 5.92 Å². The van der Waals surface area contributed by atoms with E-state index in [9.17, 15) is 9.90 Å². The summed E-state index contributed by atoms with van der Waals surface area (Å²) in [4.78, 5) is 14.4. The predicted octanol–water partition coefficient (Wildman–Crippen LogP) is 3.05. The van der Waals surface area contributed by atoms with Gasteiger partial charge in [-0.05, 0) is 23.8 Å². The van der Waals surface area contributed by atoms with Gasteiger partial charge in [0.1, 0.15) is 0 Å². The molecule has 17 heavy (non-hydrogen) atoms. The van der Waals surface area contributed by atoms with Crippen LogP contribution in [0.2, 0.25) is 0 Å². The van der Waals surface area contributed by atoms with Crippen molar-refractivity contribution in [2.75, 3.05) is 5.75 Å². The number of aromatic nitrogens is 1. The number of carbonyl (C=O) groups is 1. The minimum atomic E-state index is -0.676. The second kappa shape index (κ2) is 4.11. The van der Waals surface area contributed by atoms with Gasteiger partial charge in [-0.15, -0.1) is 0 Å². The van der Waals surface area contributed by atoms with Crippen LogP contribution in [0.4, 0.5) is 0 Å². The molecule has 0 bridgehead atoms. The van der Waals surface area contributed by atoms with E-state index >= 15 is 0 Å². The number of para-hydroxylation sites is 1. The molecule has 1 aliphatic rings. The van der Waals surface area contributed by atoms with Gasteiger partial charge in [0.05, 0.1) is 5.92 Å². The molecular weight excluding hydrogens is 234 g/mol. The molecule has 2 N–H and O–H groups in total. The van der Waals surface area contributed by atoms with Crippen molar-refractivity contribution < 1.29 is 9.90 Å². The summed E-state index contributed by atoms with van der Waals surface area (Å²) in [6, 6.07) is 8.06. The van der Waals surface area contributed by atoms with E-state index in [1.807, 2.05) is 24.4 Å². The number of thioether (sulfide) groups is 1. The van der Waals surface area contributed by atoms with E-state index in [2.05, 4.69) is 11.1 Å². The van der Waals surface area contributed by atoms with Crippen LogP contribution < -0.4 is 0 Å². The lowest BCUT2D eigenvalue weighted by molar-refractivity contribution is -0.141. The Morgan fingerprint density at radius 2 is 2.24 bits per heavy atom. The lowest BCUT2D eigenvalue weighted by atomic mass is 9.96. The zero-order chi connectivity index (χ0) is 11.8. The number of carboxylic acid groups (broad SMARTS) is 1. The Morgan fingerprint density at radius 3 is 3.06 bits per heavy atom. The molecule has 1 saturated heterocycles. The first-order valence-corrected chi connectivity index (χ1v) is 6.72. The zero-order valence-electron chi connectivity index (χ0n) is 9.22. The molecule has 0 amide bonds. The van der Waals surface area contributed by atoms with Gasteiger partial charge in [-0.25, -0.2) is 0 Å². The first kappa shape index (κ1) is 10.7. The highest BCUT2D eigenvalue weighted by molar-refractivity contribution is 7.99. The molecule has 3 rings (SSSR count). The molecule has 0 spiro atoms. The van der Waals surface area contributed by atoms with Crippen molar-refractivity contribution in [2.45, 2.75) is 11.7 Å². The highest BCUT2D eigenvalue weighted by atomic mass is 32.2. The number of benzene rings is 1. The molecule has 88 valence electrons. The summed E-state index contributed by atoms with van der Waals surface area (Å²) < 4.78 is 0. The lowest BCUT2D eigenvalue weighted by Crippen LogP contribution is -2.15. The van der Waals surface area contributed by atoms with Gasteiger partial charge in [0, 0.05) is 22.3 Å². The molecule has 1 aromatic heterocycles. The Bertz CT molecular complexity index is 563. The van der Waals surface area contributed by atoms with Crippen LogP contribution in [0.1, 0.15) is 17.2 Å². The second-order valence-electron chi connectivity index (χ2n) is 4.31. The number of aromatic amines is 1. The Kier molecular flexibility index (Phi) is 2.59. The average Bonchev–Trinajstić information content (AvgIpc) is 2.94. The monoisotopic (exact) mass is 247 g/mol. The maximum absolute atomic E-state index is 11.2. The molecule has 0 aliphatic carbocycles. The van der Waals surface area contributed by atoms with Crippen LogP contribution in [0.15, 0.2) is 30.5 Å². The molecule has 0 radical (unpaired) electrons. The summed E-state index contributed by atoms with van der Waals surface area (Å²) in [5.41, 5.74) is 2.22. The van der Waals surface area contributed by atoms with E-state index in [0.29, 0.717) is 0 Å². The van der Waals surface area contributed by atoms with E-state index in [1.165, 1.54) is 0 Å². The minimum Gasteiger partial charge on any atom is -0.481 e. The number of fused-ring (bicyclic) bond motifs is 1. The first-order chi connectivity index (χ1) is 8.27. The third kappa shape index (κ3) is 1.72. The van der Waals surface area contributed by atoms with Crippen LogP contribution in [0.25, 0.3) is 10.9 Å². The average molecular weight is 247 g/mol. The maximum atomic E-state index is 11.2. The summed E-state index contributed by atoms with van der Waals surface area (Å²) in [5.74, 6) is 0.00529. The lowest BCUT2D eigenvalue weighted by Gasteiger charge is -2.13. The quantitative estimate of drug-likeness (QED) is 0.857. The smallest absolute Gasteiger partial charge is 0.307 e. The third-order valence-corrected chi connectivity index (χ3v) is 4.75. The van der Waals surface area contributed by atoms with E-state index < -0.39 is 5.97 Å². The Morgan fingerprint density at radius 1 is 1.41 bits per heavy atom. The Balaban J connectivity index is 2.06. The molecule has 2 aromatic rings. The van der Waals surface area contributed by atoms with Gasteiger partial charge in [-0.3, -0.25) is 4.79 Å². The second-order valence-corrected chi connectivity index (χ2v) is 5.56. The standard InChI is InChI=1S/C13H13NO2S/c15-13(16)9-5-6-17-12(9)10-7-14-11-4-2-1-3-8(10)11/h1-4,7,9,12,14H,5-6H2,(H,15,16). The summed E-state index contributed by atoms with van der Waals surface area (Å²) in [6.07, 6.45) is 2.73. The molecule has 1 aliphatic heterocycles. The van der Waals surface area contributed by atoms with Crippen molar-refractivity contribution in [1.82, 2.24) is 4.98 Å². The molecule has 3 nitrogen and oxygen atoms in total. The van der Waals surface area contributed by atoms with E-state index in [0.717, 1.165) is 28.6 Å². The van der Waals surface area contributed by atoms with Gasteiger partial charge < -0.3 is 10.1 Å². The van der Waals surface area contributed by atoms with Crippen LogP contribution in [0.3, 0.4) is 0 Å². The molecule has 0 saturated carbocycles. The molecule has 1 fully saturated rings. The van der Waals surface area contributed by atoms with Gasteiger partial charge in [0.2, 0.25) is 0 Å². The molecule has 2 heterocycles. The van der Waals surface area contributed by atoms with E-state index in [-0.39, 0.29) is 11.2 Å². The van der Waals surface area contributed by atoms with Gasteiger partial charge in [-0.1, -0.05) is 18.2 Å². The van der Waals surface area contributed by atoms with Gasteiger partial charge in [-0.2, -0.15) is 11.8 Å². The van der Waals surface area contributed by atoms with Crippen molar-refractivity contribution in [3.8, 4) is 0 Å². The fraction of sp³-hybridized carbons (Fsp3) is 0.308. The zero-order valence-corrected chi connectivity index (χ0v) is 10.0. The van der Waals surface area contributed by atoms with E-state index in [4.69, 9.17) is 0 Å². The normalized spacial score (nSPS) is 24.2. The Labute approximate surface area is 103 Å². The third-order valence-electron chi connectivity index (χ3n) is 3.34. The van der Waals surface area contributed by atoms with Crippen molar-refractivity contribution in [3.63, 3.8) is 0 Å². The number of hydrogen-bond acceptors (Lipinski definition) is 2. The Hall–Kier alpha value is -1.42. The minimum absolute atomic E-state index is 0.0867. The van der Waals surface area contributed by atoms with Crippen molar-refractivity contribution in [1.29, 1.82) is 0 Å². The highest BCUT2D eigenvalue weighted by Crippen LogP contribution is 2.46. The van der Waals surface area contributed by atoms with Crippen molar-refractivity contribution >= 4 is 28.6 Å². The maximum Gasteiger partial charge on any atom is 0.307 e. The molecule has 2 unspecified atom stereocenters. The largest absolute Gasteiger partial charge is 0.481 e. The predicted molar refractivity (Wildman–Crippen MR) is 69.2 cm³/mol. The number of H-pyrrole nitrogens is 1. The van der Waals surface area contributed by atoms with Crippen molar-refractivity contribution in [2.24, 2.45) is 5.92 Å². The number of aliphatic carboxylic acids is 1. The van der Waals surface area contributed by atoms with Crippen LogP contribution in [-0.4, -0.2) is 21.8 Å². The highest BCUT2D eigenvalue weighted by Gasteiger charge is 2.35. The molecular formula is C13H13NO2S. The van der Waals surface area contributed by atoms with Crippen molar-refractivity contribution in [3.05, 3.63) is 36.0 Å². The van der Waals surface area contributed by atoms with Crippen LogP contribution in [0.5, 0.6) is 0 Å². The summed E-state index contributed by atoms with van der Waals surface area (Å²) in [5, 5.41) is 10.5. The van der Waals surface area contributed by atoms with Crippen LogP contribution in [-0.2, 0) is 4.79 Å².